The van der Waals surface area contributed by atoms with Crippen LogP contribution in [0, 0.1) is 17.2 Å². The van der Waals surface area contributed by atoms with Crippen LogP contribution in [0.15, 0.2) is 0 Å². The first-order valence-corrected chi connectivity index (χ1v) is 14.3. The van der Waals surface area contributed by atoms with Gasteiger partial charge in [-0.25, -0.2) is 4.67 Å². The van der Waals surface area contributed by atoms with E-state index < -0.39 is 8.53 Å². The van der Waals surface area contributed by atoms with Crippen LogP contribution in [0.3, 0.4) is 0 Å². The SMILES string of the molecule is CCCCCCCCC(CCCCCCC)COP(OCCC#N)N(C(C)C)C(C)C. The average molecular weight is 457 g/mol. The zero-order chi connectivity index (χ0) is 23.3. The molecule has 0 heterocycles. The van der Waals surface area contributed by atoms with Gasteiger partial charge in [-0.15, -0.1) is 0 Å². The van der Waals surface area contributed by atoms with Crippen LogP contribution in [-0.4, -0.2) is 30.0 Å². The summed E-state index contributed by atoms with van der Waals surface area (Å²) in [5.74, 6) is 0.624. The Hall–Kier alpha value is -0.200. The molecule has 0 bridgehead atoms. The number of hydrogen-bond acceptors (Lipinski definition) is 4. The van der Waals surface area contributed by atoms with E-state index in [4.69, 9.17) is 14.3 Å². The molecule has 2 unspecified atom stereocenters. The number of nitriles is 1. The van der Waals surface area contributed by atoms with Crippen molar-refractivity contribution in [2.24, 2.45) is 5.92 Å². The monoisotopic (exact) mass is 456 g/mol. The molecule has 4 nitrogen and oxygen atoms in total. The van der Waals surface area contributed by atoms with Crippen molar-refractivity contribution in [3.05, 3.63) is 0 Å². The average Bonchev–Trinajstić information content (AvgIpc) is 2.72. The summed E-state index contributed by atoms with van der Waals surface area (Å²) in [5.41, 5.74) is 0. The Morgan fingerprint density at radius 1 is 0.742 bits per heavy atom. The molecule has 0 aromatic rings. The Balaban J connectivity index is 4.77. The summed E-state index contributed by atoms with van der Waals surface area (Å²) in [4.78, 5) is 0. The van der Waals surface area contributed by atoms with Crippen molar-refractivity contribution in [3.8, 4) is 6.07 Å². The van der Waals surface area contributed by atoms with Gasteiger partial charge in [-0.3, -0.25) is 0 Å². The van der Waals surface area contributed by atoms with Crippen LogP contribution in [0.5, 0.6) is 0 Å². The van der Waals surface area contributed by atoms with Crippen LogP contribution >= 0.6 is 8.53 Å². The highest BCUT2D eigenvalue weighted by Crippen LogP contribution is 2.46. The lowest BCUT2D eigenvalue weighted by Gasteiger charge is -2.36. The van der Waals surface area contributed by atoms with Crippen LogP contribution < -0.4 is 0 Å². The lowest BCUT2D eigenvalue weighted by Crippen LogP contribution is -2.34. The number of unbranched alkanes of at least 4 members (excludes halogenated alkanes) is 9. The molecule has 2 atom stereocenters. The standard InChI is InChI=1S/C26H53N2O2P/c1-7-9-11-13-15-17-20-26(19-16-14-12-10-8-2)23-30-31(29-22-18-21-27)28(24(3)4)25(5)6/h24-26H,7-20,22-23H2,1-6H3. The Bertz CT molecular complexity index is 418. The summed E-state index contributed by atoms with van der Waals surface area (Å²) in [6.07, 6.45) is 17.7. The molecule has 0 saturated carbocycles. The predicted molar refractivity (Wildman–Crippen MR) is 136 cm³/mol. The first kappa shape index (κ1) is 30.8. The van der Waals surface area contributed by atoms with Gasteiger partial charge in [0.1, 0.15) is 0 Å². The molecule has 0 aromatic heterocycles. The van der Waals surface area contributed by atoms with Gasteiger partial charge in [0.15, 0.2) is 0 Å². The zero-order valence-corrected chi connectivity index (χ0v) is 22.6. The zero-order valence-electron chi connectivity index (χ0n) is 21.7. The number of hydrogen-bond donors (Lipinski definition) is 0. The maximum absolute atomic E-state index is 8.91. The minimum Gasteiger partial charge on any atom is -0.322 e. The number of nitrogens with zero attached hydrogens (tertiary/aromatic N) is 2. The van der Waals surface area contributed by atoms with Crippen LogP contribution in [0.2, 0.25) is 0 Å². The minimum absolute atomic E-state index is 0.360. The van der Waals surface area contributed by atoms with Crippen LogP contribution in [0.4, 0.5) is 0 Å². The van der Waals surface area contributed by atoms with Crippen LogP contribution in [-0.2, 0) is 9.05 Å². The van der Waals surface area contributed by atoms with Gasteiger partial charge in [-0.1, -0.05) is 84.5 Å². The van der Waals surface area contributed by atoms with E-state index in [1.54, 1.807) is 0 Å². The molecular formula is C26H53N2O2P. The summed E-state index contributed by atoms with van der Waals surface area (Å²) in [6, 6.07) is 2.91. The first-order chi connectivity index (χ1) is 15.0. The molecule has 0 saturated heterocycles. The number of rotatable bonds is 22. The second-order valence-corrected chi connectivity index (χ2v) is 10.9. The summed E-state index contributed by atoms with van der Waals surface area (Å²) < 4.78 is 14.9. The summed E-state index contributed by atoms with van der Waals surface area (Å²) >= 11 is 0. The van der Waals surface area contributed by atoms with Crippen LogP contribution in [0.1, 0.15) is 131 Å². The minimum atomic E-state index is -1.12. The molecule has 0 fully saturated rings. The van der Waals surface area contributed by atoms with Crippen molar-refractivity contribution in [1.29, 1.82) is 5.26 Å². The topological polar surface area (TPSA) is 45.5 Å². The first-order valence-electron chi connectivity index (χ1n) is 13.2. The van der Waals surface area contributed by atoms with E-state index in [1.807, 2.05) is 0 Å². The second-order valence-electron chi connectivity index (χ2n) is 9.47. The molecule has 0 aliphatic rings. The Labute approximate surface area is 196 Å². The van der Waals surface area contributed by atoms with Crippen molar-refractivity contribution in [2.45, 2.75) is 144 Å². The third-order valence-electron chi connectivity index (χ3n) is 5.76. The van der Waals surface area contributed by atoms with E-state index in [1.165, 1.54) is 83.5 Å². The maximum atomic E-state index is 8.91. The normalized spacial score (nSPS) is 13.8. The lowest BCUT2D eigenvalue weighted by atomic mass is 9.95. The van der Waals surface area contributed by atoms with Gasteiger partial charge < -0.3 is 9.05 Å². The molecule has 0 aromatic carbocycles. The molecule has 31 heavy (non-hydrogen) atoms. The van der Waals surface area contributed by atoms with E-state index in [9.17, 15) is 0 Å². The van der Waals surface area contributed by atoms with E-state index >= 15 is 0 Å². The molecule has 0 radical (unpaired) electrons. The van der Waals surface area contributed by atoms with Crippen molar-refractivity contribution in [1.82, 2.24) is 4.67 Å². The Kier molecular flexibility index (Phi) is 21.5. The predicted octanol–water partition coefficient (Wildman–Crippen LogP) is 9.01. The molecular weight excluding hydrogens is 403 g/mol. The Morgan fingerprint density at radius 2 is 1.23 bits per heavy atom. The highest BCUT2D eigenvalue weighted by Gasteiger charge is 2.28. The lowest BCUT2D eigenvalue weighted by molar-refractivity contribution is 0.151. The largest absolute Gasteiger partial charge is 0.322 e. The molecule has 0 rings (SSSR count). The van der Waals surface area contributed by atoms with Crippen molar-refractivity contribution >= 4 is 8.53 Å². The van der Waals surface area contributed by atoms with Gasteiger partial charge >= 0.3 is 0 Å². The molecule has 0 aliphatic heterocycles. The summed E-state index contributed by atoms with van der Waals surface area (Å²) in [7, 11) is -1.12. The van der Waals surface area contributed by atoms with E-state index in [-0.39, 0.29) is 0 Å². The summed E-state index contributed by atoms with van der Waals surface area (Å²) in [6.45, 7) is 14.6. The van der Waals surface area contributed by atoms with Crippen molar-refractivity contribution in [3.63, 3.8) is 0 Å². The van der Waals surface area contributed by atoms with Gasteiger partial charge in [-0.2, -0.15) is 5.26 Å². The quantitative estimate of drug-likeness (QED) is 0.120. The van der Waals surface area contributed by atoms with E-state index in [0.717, 1.165) is 6.61 Å². The second kappa shape index (κ2) is 21.6. The highest BCUT2D eigenvalue weighted by atomic mass is 31.2. The fourth-order valence-corrected chi connectivity index (χ4v) is 5.72. The fourth-order valence-electron chi connectivity index (χ4n) is 4.04. The van der Waals surface area contributed by atoms with Gasteiger partial charge in [0.2, 0.25) is 0 Å². The maximum Gasteiger partial charge on any atom is 0.259 e. The molecule has 0 spiro atoms. The van der Waals surface area contributed by atoms with E-state index in [0.29, 0.717) is 31.0 Å². The third kappa shape index (κ3) is 17.0. The molecule has 184 valence electrons. The smallest absolute Gasteiger partial charge is 0.259 e. The summed E-state index contributed by atoms with van der Waals surface area (Å²) in [5, 5.41) is 8.91. The van der Waals surface area contributed by atoms with Gasteiger partial charge in [0, 0.05) is 12.1 Å². The van der Waals surface area contributed by atoms with E-state index in [2.05, 4.69) is 52.3 Å². The molecule has 0 amide bonds. The van der Waals surface area contributed by atoms with Gasteiger partial charge in [0.05, 0.1) is 25.7 Å². The highest BCUT2D eigenvalue weighted by molar-refractivity contribution is 7.44. The molecule has 0 aliphatic carbocycles. The van der Waals surface area contributed by atoms with Gasteiger partial charge in [0.25, 0.3) is 8.53 Å². The van der Waals surface area contributed by atoms with Crippen molar-refractivity contribution in [2.75, 3.05) is 13.2 Å². The van der Waals surface area contributed by atoms with Crippen LogP contribution in [0.25, 0.3) is 0 Å². The molecule has 0 N–H and O–H groups in total. The Morgan fingerprint density at radius 3 is 1.68 bits per heavy atom. The molecule has 5 heteroatoms. The van der Waals surface area contributed by atoms with Gasteiger partial charge in [-0.05, 0) is 46.5 Å². The fraction of sp³-hybridized carbons (Fsp3) is 0.962. The van der Waals surface area contributed by atoms with Crippen molar-refractivity contribution < 1.29 is 9.05 Å². The third-order valence-corrected chi connectivity index (χ3v) is 7.84.